The largest absolute Gasteiger partial charge is 0.465 e. The number of nitriles is 1. The number of hydrogen-bond donors (Lipinski definition) is 0. The highest BCUT2D eigenvalue weighted by atomic mass is 16.6. The van der Waals surface area contributed by atoms with Crippen LogP contribution in [0.3, 0.4) is 0 Å². The number of piperidine rings is 1. The zero-order valence-corrected chi connectivity index (χ0v) is 16.5. The van der Waals surface area contributed by atoms with Gasteiger partial charge in [-0.3, -0.25) is 0 Å². The molecule has 8 heteroatoms. The van der Waals surface area contributed by atoms with E-state index in [1.807, 2.05) is 31.7 Å². The van der Waals surface area contributed by atoms with E-state index in [0.717, 1.165) is 12.8 Å². The minimum absolute atomic E-state index is 0.0519. The van der Waals surface area contributed by atoms with Crippen molar-refractivity contribution in [3.8, 4) is 6.07 Å². The van der Waals surface area contributed by atoms with E-state index in [9.17, 15) is 9.59 Å². The molecule has 8 nitrogen and oxygen atoms in total. The number of amides is 1. The molecular weight excluding hydrogens is 348 g/mol. The van der Waals surface area contributed by atoms with Crippen LogP contribution in [0.25, 0.3) is 0 Å². The molecule has 1 amide bonds. The number of pyridine rings is 1. The molecule has 146 valence electrons. The lowest BCUT2D eigenvalue weighted by Crippen LogP contribution is -2.47. The molecule has 0 N–H and O–H groups in total. The van der Waals surface area contributed by atoms with E-state index in [1.165, 1.54) is 19.4 Å². The summed E-state index contributed by atoms with van der Waals surface area (Å²) in [7, 11) is 3.04. The van der Waals surface area contributed by atoms with E-state index in [2.05, 4.69) is 4.98 Å². The lowest BCUT2D eigenvalue weighted by atomic mass is 10.0. The third-order valence-corrected chi connectivity index (χ3v) is 4.39. The average Bonchev–Trinajstić information content (AvgIpc) is 2.65. The van der Waals surface area contributed by atoms with Gasteiger partial charge in [0, 0.05) is 32.4 Å². The third kappa shape index (κ3) is 5.09. The Labute approximate surface area is 159 Å². The molecule has 0 unspecified atom stereocenters. The van der Waals surface area contributed by atoms with Crippen molar-refractivity contribution in [3.63, 3.8) is 0 Å². The van der Waals surface area contributed by atoms with E-state index in [0.29, 0.717) is 24.5 Å². The molecule has 0 saturated carbocycles. The zero-order valence-electron chi connectivity index (χ0n) is 16.5. The Balaban J connectivity index is 2.09. The van der Waals surface area contributed by atoms with Gasteiger partial charge in [-0.25, -0.2) is 14.6 Å². The fourth-order valence-corrected chi connectivity index (χ4v) is 2.98. The van der Waals surface area contributed by atoms with Crippen LogP contribution >= 0.6 is 0 Å². The molecule has 1 aromatic rings. The van der Waals surface area contributed by atoms with E-state index >= 15 is 0 Å². The summed E-state index contributed by atoms with van der Waals surface area (Å²) in [6, 6.07) is 3.53. The van der Waals surface area contributed by atoms with Crippen molar-refractivity contribution in [1.29, 1.82) is 5.26 Å². The lowest BCUT2D eigenvalue weighted by molar-refractivity contribution is 0.0200. The Bertz CT molecular complexity index is 743. The van der Waals surface area contributed by atoms with Gasteiger partial charge in [0.15, 0.2) is 0 Å². The molecule has 2 rings (SSSR count). The Hall–Kier alpha value is -2.82. The monoisotopic (exact) mass is 374 g/mol. The molecule has 0 aliphatic carbocycles. The summed E-state index contributed by atoms with van der Waals surface area (Å²) < 4.78 is 10.2. The molecule has 1 saturated heterocycles. The molecule has 0 bridgehead atoms. The van der Waals surface area contributed by atoms with Crippen LogP contribution in [0.5, 0.6) is 0 Å². The number of anilines is 1. The summed E-state index contributed by atoms with van der Waals surface area (Å²) in [5.74, 6) is -0.0261. The highest BCUT2D eigenvalue weighted by molar-refractivity contribution is 5.95. The standard InChI is InChI=1S/C19H26N4O4/c1-19(2,3)27-18(25)22(4)14-6-8-23(9-7-14)16-15(17(24)26-5)10-13(11-20)12-21-16/h10,12,14H,6-9H2,1-5H3. The van der Waals surface area contributed by atoms with Crippen molar-refractivity contribution in [2.45, 2.75) is 45.3 Å². The van der Waals surface area contributed by atoms with Gasteiger partial charge in [0.25, 0.3) is 0 Å². The van der Waals surface area contributed by atoms with E-state index < -0.39 is 11.6 Å². The van der Waals surface area contributed by atoms with Crippen molar-refractivity contribution in [1.82, 2.24) is 9.88 Å². The van der Waals surface area contributed by atoms with Crippen LogP contribution < -0.4 is 4.90 Å². The fourth-order valence-electron chi connectivity index (χ4n) is 2.98. The predicted octanol–water partition coefficient (Wildman–Crippen LogP) is 2.58. The molecule has 1 aliphatic heterocycles. The quantitative estimate of drug-likeness (QED) is 0.750. The number of methoxy groups -OCH3 is 1. The van der Waals surface area contributed by atoms with Crippen LogP contribution in [-0.4, -0.2) is 60.8 Å². The molecule has 27 heavy (non-hydrogen) atoms. The number of rotatable bonds is 3. The van der Waals surface area contributed by atoms with Gasteiger partial charge in [-0.05, 0) is 39.7 Å². The molecule has 1 aliphatic rings. The topological polar surface area (TPSA) is 95.8 Å². The second-order valence-electron chi connectivity index (χ2n) is 7.51. The van der Waals surface area contributed by atoms with Gasteiger partial charge in [-0.1, -0.05) is 0 Å². The highest BCUT2D eigenvalue weighted by Crippen LogP contribution is 2.25. The van der Waals surface area contributed by atoms with Crippen LogP contribution in [0.15, 0.2) is 12.3 Å². The van der Waals surface area contributed by atoms with Crippen molar-refractivity contribution in [2.75, 3.05) is 32.1 Å². The first kappa shape index (κ1) is 20.5. The van der Waals surface area contributed by atoms with Crippen molar-refractivity contribution in [3.05, 3.63) is 23.4 Å². The maximum absolute atomic E-state index is 12.2. The second kappa shape index (κ2) is 8.25. The van der Waals surface area contributed by atoms with Crippen molar-refractivity contribution < 1.29 is 19.1 Å². The minimum Gasteiger partial charge on any atom is -0.465 e. The van der Waals surface area contributed by atoms with E-state index in [-0.39, 0.29) is 17.7 Å². The molecular formula is C19H26N4O4. The van der Waals surface area contributed by atoms with Gasteiger partial charge < -0.3 is 19.3 Å². The predicted molar refractivity (Wildman–Crippen MR) is 99.5 cm³/mol. The Morgan fingerprint density at radius 1 is 1.33 bits per heavy atom. The normalized spacial score (nSPS) is 15.0. The smallest absolute Gasteiger partial charge is 0.410 e. The fraction of sp³-hybridized carbons (Fsp3) is 0.579. The van der Waals surface area contributed by atoms with Gasteiger partial charge in [0.05, 0.1) is 12.7 Å². The molecule has 0 aromatic carbocycles. The summed E-state index contributed by atoms with van der Waals surface area (Å²) in [6.45, 7) is 6.77. The average molecular weight is 374 g/mol. The first-order chi connectivity index (χ1) is 12.7. The van der Waals surface area contributed by atoms with Gasteiger partial charge >= 0.3 is 12.1 Å². The summed E-state index contributed by atoms with van der Waals surface area (Å²) >= 11 is 0. The molecule has 0 spiro atoms. The molecule has 1 aromatic heterocycles. The number of carbonyl (C=O) groups is 2. The van der Waals surface area contributed by atoms with Crippen molar-refractivity contribution >= 4 is 17.9 Å². The van der Waals surface area contributed by atoms with Gasteiger partial charge in [0.2, 0.25) is 0 Å². The number of carbonyl (C=O) groups excluding carboxylic acids is 2. The van der Waals surface area contributed by atoms with Crippen LogP contribution in [0.4, 0.5) is 10.6 Å². The number of nitrogens with zero attached hydrogens (tertiary/aromatic N) is 4. The van der Waals surface area contributed by atoms with E-state index in [4.69, 9.17) is 14.7 Å². The van der Waals surface area contributed by atoms with Gasteiger partial charge in [-0.15, -0.1) is 0 Å². The van der Waals surface area contributed by atoms with Gasteiger partial charge in [0.1, 0.15) is 23.1 Å². The number of hydrogen-bond acceptors (Lipinski definition) is 7. The zero-order chi connectivity index (χ0) is 20.2. The summed E-state index contributed by atoms with van der Waals surface area (Å²) in [5, 5.41) is 9.04. The molecule has 2 heterocycles. The molecule has 0 radical (unpaired) electrons. The lowest BCUT2D eigenvalue weighted by Gasteiger charge is -2.38. The highest BCUT2D eigenvalue weighted by Gasteiger charge is 2.30. The first-order valence-corrected chi connectivity index (χ1v) is 8.85. The SMILES string of the molecule is COC(=O)c1cc(C#N)cnc1N1CCC(N(C)C(=O)OC(C)(C)C)CC1. The number of aromatic nitrogens is 1. The maximum atomic E-state index is 12.2. The van der Waals surface area contributed by atoms with Crippen LogP contribution in [0.1, 0.15) is 49.5 Å². The number of esters is 1. The van der Waals surface area contributed by atoms with Crippen LogP contribution in [0.2, 0.25) is 0 Å². The van der Waals surface area contributed by atoms with Crippen LogP contribution in [0, 0.1) is 11.3 Å². The van der Waals surface area contributed by atoms with Crippen LogP contribution in [-0.2, 0) is 9.47 Å². The first-order valence-electron chi connectivity index (χ1n) is 8.85. The van der Waals surface area contributed by atoms with Gasteiger partial charge in [-0.2, -0.15) is 5.26 Å². The Morgan fingerprint density at radius 3 is 2.48 bits per heavy atom. The number of ether oxygens (including phenoxy) is 2. The maximum Gasteiger partial charge on any atom is 0.410 e. The third-order valence-electron chi connectivity index (χ3n) is 4.39. The Kier molecular flexibility index (Phi) is 6.26. The summed E-state index contributed by atoms with van der Waals surface area (Å²) in [5.41, 5.74) is 0.0441. The molecule has 1 fully saturated rings. The van der Waals surface area contributed by atoms with E-state index in [1.54, 1.807) is 11.9 Å². The van der Waals surface area contributed by atoms with Crippen molar-refractivity contribution in [2.24, 2.45) is 0 Å². The summed E-state index contributed by atoms with van der Waals surface area (Å²) in [4.78, 5) is 32.2. The second-order valence-corrected chi connectivity index (χ2v) is 7.51. The Morgan fingerprint density at radius 2 is 1.96 bits per heavy atom. The summed E-state index contributed by atoms with van der Waals surface area (Å²) in [6.07, 6.45) is 2.55. The minimum atomic E-state index is -0.534. The molecule has 0 atom stereocenters.